The van der Waals surface area contributed by atoms with Gasteiger partial charge in [0.25, 0.3) is 0 Å². The fourth-order valence-corrected chi connectivity index (χ4v) is 2.09. The molecule has 0 aromatic carbocycles. The Morgan fingerprint density at radius 3 is 2.00 bits per heavy atom. The zero-order valence-corrected chi connectivity index (χ0v) is 8.82. The van der Waals surface area contributed by atoms with E-state index < -0.39 is 20.6 Å². The zero-order valence-electron chi connectivity index (χ0n) is 7.82. The molecule has 74 valence electrons. The van der Waals surface area contributed by atoms with Crippen molar-refractivity contribution in [3.05, 3.63) is 0 Å². The number of hydrogen-bond acceptors (Lipinski definition) is 4. The molecule has 0 fully saturated rings. The Labute approximate surface area is 74.1 Å². The lowest BCUT2D eigenvalue weighted by Crippen LogP contribution is -2.48. The molecule has 0 aliphatic heterocycles. The molecule has 0 aromatic rings. The topological polar surface area (TPSA) is 69.9 Å². The van der Waals surface area contributed by atoms with Crippen LogP contribution in [0, 0.1) is 0 Å². The van der Waals surface area contributed by atoms with Crippen molar-refractivity contribution >= 4 is 8.56 Å². The summed E-state index contributed by atoms with van der Waals surface area (Å²) in [5.41, 5.74) is -0.604. The Kier molecular flexibility index (Phi) is 4.96. The lowest BCUT2D eigenvalue weighted by atomic mass is 10.4. The smallest absolute Gasteiger partial charge is 0.359 e. The number of rotatable bonds is 5. The predicted octanol–water partition coefficient (Wildman–Crippen LogP) is 0.106. The highest BCUT2D eigenvalue weighted by Crippen LogP contribution is 2.12. The standard InChI is InChI=1S/C7H18O4Si/c1-4-6(8)11-7(5-2)12(3,9)10/h6-10H,4-5H2,1-3H3. The molecular formula is C7H18O4Si. The van der Waals surface area contributed by atoms with Crippen molar-refractivity contribution in [1.82, 2.24) is 0 Å². The van der Waals surface area contributed by atoms with Crippen LogP contribution >= 0.6 is 0 Å². The van der Waals surface area contributed by atoms with Crippen molar-refractivity contribution in [2.24, 2.45) is 0 Å². The third-order valence-electron chi connectivity index (χ3n) is 1.65. The van der Waals surface area contributed by atoms with Crippen LogP contribution in [0.15, 0.2) is 0 Å². The predicted molar refractivity (Wildman–Crippen MR) is 47.5 cm³/mol. The molecule has 0 saturated carbocycles. The van der Waals surface area contributed by atoms with Crippen LogP contribution in [-0.2, 0) is 4.74 Å². The molecule has 0 amide bonds. The molecule has 0 radical (unpaired) electrons. The molecule has 0 aliphatic rings. The Bertz CT molecular complexity index is 123. The van der Waals surface area contributed by atoms with Crippen molar-refractivity contribution in [3.63, 3.8) is 0 Å². The summed E-state index contributed by atoms with van der Waals surface area (Å²) in [6.07, 6.45) is 0.0781. The maximum absolute atomic E-state index is 9.28. The van der Waals surface area contributed by atoms with Crippen LogP contribution in [0.5, 0.6) is 0 Å². The van der Waals surface area contributed by atoms with Crippen LogP contribution < -0.4 is 0 Å². The lowest BCUT2D eigenvalue weighted by molar-refractivity contribution is -0.124. The molecule has 0 aromatic heterocycles. The first kappa shape index (κ1) is 12.1. The third kappa shape index (κ3) is 4.17. The second kappa shape index (κ2) is 4.93. The molecule has 5 heteroatoms. The van der Waals surface area contributed by atoms with Crippen LogP contribution in [0.25, 0.3) is 0 Å². The van der Waals surface area contributed by atoms with Crippen LogP contribution in [0.3, 0.4) is 0 Å². The van der Waals surface area contributed by atoms with Gasteiger partial charge in [0, 0.05) is 0 Å². The molecule has 4 nitrogen and oxygen atoms in total. The summed E-state index contributed by atoms with van der Waals surface area (Å²) >= 11 is 0. The monoisotopic (exact) mass is 194 g/mol. The highest BCUT2D eigenvalue weighted by Gasteiger charge is 2.35. The van der Waals surface area contributed by atoms with E-state index in [1.165, 1.54) is 6.55 Å². The average Bonchev–Trinajstić information content (AvgIpc) is 1.97. The third-order valence-corrected chi connectivity index (χ3v) is 3.42. The van der Waals surface area contributed by atoms with Gasteiger partial charge < -0.3 is 19.4 Å². The van der Waals surface area contributed by atoms with E-state index in [1.807, 2.05) is 0 Å². The Hall–Kier alpha value is 0.0569. The van der Waals surface area contributed by atoms with Gasteiger partial charge in [-0.1, -0.05) is 13.8 Å². The van der Waals surface area contributed by atoms with Crippen molar-refractivity contribution in [2.45, 2.75) is 45.3 Å². The van der Waals surface area contributed by atoms with Crippen molar-refractivity contribution in [3.8, 4) is 0 Å². The van der Waals surface area contributed by atoms with Crippen molar-refractivity contribution in [1.29, 1.82) is 0 Å². The van der Waals surface area contributed by atoms with Gasteiger partial charge in [0.2, 0.25) is 0 Å². The maximum Gasteiger partial charge on any atom is 0.359 e. The molecule has 12 heavy (non-hydrogen) atoms. The van der Waals surface area contributed by atoms with Gasteiger partial charge in [-0.2, -0.15) is 0 Å². The summed E-state index contributed by atoms with van der Waals surface area (Å²) < 4.78 is 5.03. The molecule has 3 N–H and O–H groups in total. The summed E-state index contributed by atoms with van der Waals surface area (Å²) in [6.45, 7) is 4.94. The van der Waals surface area contributed by atoms with E-state index in [0.717, 1.165) is 0 Å². The van der Waals surface area contributed by atoms with Crippen molar-refractivity contribution < 1.29 is 19.4 Å². The van der Waals surface area contributed by atoms with E-state index in [0.29, 0.717) is 12.8 Å². The fraction of sp³-hybridized carbons (Fsp3) is 1.00. The van der Waals surface area contributed by atoms with Gasteiger partial charge in [0.05, 0.1) is 0 Å². The summed E-state index contributed by atoms with van der Waals surface area (Å²) in [7, 11) is -3.25. The summed E-state index contributed by atoms with van der Waals surface area (Å²) in [4.78, 5) is 18.6. The first-order chi connectivity index (χ1) is 5.41. The summed E-state index contributed by atoms with van der Waals surface area (Å²) in [5.74, 6) is 0. The minimum Gasteiger partial charge on any atom is -0.409 e. The van der Waals surface area contributed by atoms with Gasteiger partial charge in [0.1, 0.15) is 5.73 Å². The van der Waals surface area contributed by atoms with Gasteiger partial charge in [0.15, 0.2) is 6.29 Å². The SMILES string of the molecule is CCC(O)OC(CC)[Si](C)(O)O. The minimum absolute atomic E-state index is 0.459. The second-order valence-electron chi connectivity index (χ2n) is 2.99. The highest BCUT2D eigenvalue weighted by molar-refractivity contribution is 6.64. The quantitative estimate of drug-likeness (QED) is 0.429. The van der Waals surface area contributed by atoms with E-state index >= 15 is 0 Å². The minimum atomic E-state index is -3.25. The van der Waals surface area contributed by atoms with Crippen LogP contribution in [-0.4, -0.2) is 35.3 Å². The van der Waals surface area contributed by atoms with Gasteiger partial charge in [-0.05, 0) is 19.4 Å². The first-order valence-corrected chi connectivity index (χ1v) is 6.67. The van der Waals surface area contributed by atoms with Gasteiger partial charge in [-0.15, -0.1) is 0 Å². The van der Waals surface area contributed by atoms with Gasteiger partial charge in [-0.25, -0.2) is 0 Å². The molecule has 0 spiro atoms. The fourth-order valence-electron chi connectivity index (χ4n) is 0.898. The van der Waals surface area contributed by atoms with Gasteiger partial charge >= 0.3 is 8.56 Å². The zero-order chi connectivity index (χ0) is 9.78. The second-order valence-corrected chi connectivity index (χ2v) is 5.82. The van der Waals surface area contributed by atoms with Gasteiger partial charge in [-0.3, -0.25) is 0 Å². The van der Waals surface area contributed by atoms with E-state index in [1.54, 1.807) is 13.8 Å². The Morgan fingerprint density at radius 1 is 1.25 bits per heavy atom. The largest absolute Gasteiger partial charge is 0.409 e. The van der Waals surface area contributed by atoms with E-state index in [4.69, 9.17) is 9.84 Å². The van der Waals surface area contributed by atoms with E-state index in [2.05, 4.69) is 0 Å². The Morgan fingerprint density at radius 2 is 1.75 bits per heavy atom. The van der Waals surface area contributed by atoms with Crippen LogP contribution in [0.4, 0.5) is 0 Å². The maximum atomic E-state index is 9.28. The first-order valence-electron chi connectivity index (χ1n) is 4.20. The number of ether oxygens (including phenoxy) is 1. The van der Waals surface area contributed by atoms with Crippen molar-refractivity contribution in [2.75, 3.05) is 0 Å². The molecule has 0 rings (SSSR count). The molecule has 0 aliphatic carbocycles. The molecule has 0 heterocycles. The summed E-state index contributed by atoms with van der Waals surface area (Å²) in [6, 6.07) is 0. The number of aliphatic hydroxyl groups is 1. The molecule has 2 atom stereocenters. The number of aliphatic hydroxyl groups excluding tert-OH is 1. The molecule has 0 saturated heterocycles. The molecular weight excluding hydrogens is 176 g/mol. The Balaban J connectivity index is 4.00. The average molecular weight is 194 g/mol. The van der Waals surface area contributed by atoms with E-state index in [-0.39, 0.29) is 0 Å². The van der Waals surface area contributed by atoms with E-state index in [9.17, 15) is 9.59 Å². The number of hydrogen-bond donors (Lipinski definition) is 3. The highest BCUT2D eigenvalue weighted by atomic mass is 28.4. The molecule has 2 unspecified atom stereocenters. The van der Waals surface area contributed by atoms with Crippen LogP contribution in [0.2, 0.25) is 6.55 Å². The van der Waals surface area contributed by atoms with Crippen LogP contribution in [0.1, 0.15) is 26.7 Å². The normalized spacial score (nSPS) is 17.5. The summed E-state index contributed by atoms with van der Waals surface area (Å²) in [5, 5.41) is 9.10. The lowest BCUT2D eigenvalue weighted by Gasteiger charge is -2.25. The molecule has 0 bridgehead atoms.